The van der Waals surface area contributed by atoms with E-state index in [1.807, 2.05) is 0 Å². The molecule has 1 rings (SSSR count). The highest BCUT2D eigenvalue weighted by molar-refractivity contribution is 7.96. The van der Waals surface area contributed by atoms with E-state index >= 15 is 0 Å². The zero-order valence-electron chi connectivity index (χ0n) is 7.81. The Morgan fingerprint density at radius 2 is 2.00 bits per heavy atom. The molecule has 1 aliphatic rings. The van der Waals surface area contributed by atoms with Crippen molar-refractivity contribution in [1.29, 1.82) is 0 Å². The van der Waals surface area contributed by atoms with Gasteiger partial charge in [-0.3, -0.25) is 4.79 Å². The second-order valence-corrected chi connectivity index (χ2v) is 3.84. The summed E-state index contributed by atoms with van der Waals surface area (Å²) < 4.78 is 64.8. The maximum absolute atomic E-state index is 13.7. The van der Waals surface area contributed by atoms with Gasteiger partial charge in [0, 0.05) is 6.42 Å². The SMILES string of the molecule is O=C(S)CCC1(F)C=C(F)C(F)=C(F)C1F. The van der Waals surface area contributed by atoms with Gasteiger partial charge in [-0.05, 0) is 12.5 Å². The molecule has 0 N–H and O–H groups in total. The van der Waals surface area contributed by atoms with E-state index < -0.39 is 47.3 Å². The summed E-state index contributed by atoms with van der Waals surface area (Å²) in [6.45, 7) is 0. The highest BCUT2D eigenvalue weighted by atomic mass is 32.1. The van der Waals surface area contributed by atoms with Crippen molar-refractivity contribution in [3.05, 3.63) is 23.6 Å². The topological polar surface area (TPSA) is 17.1 Å². The molecule has 16 heavy (non-hydrogen) atoms. The van der Waals surface area contributed by atoms with Gasteiger partial charge in [0.25, 0.3) is 0 Å². The maximum Gasteiger partial charge on any atom is 0.193 e. The normalized spacial score (nSPS) is 30.4. The van der Waals surface area contributed by atoms with Crippen molar-refractivity contribution < 1.29 is 26.7 Å². The number of carbonyl (C=O) groups is 1. The van der Waals surface area contributed by atoms with Crippen LogP contribution in [0.3, 0.4) is 0 Å². The molecule has 1 nitrogen and oxygen atoms in total. The van der Waals surface area contributed by atoms with E-state index in [-0.39, 0.29) is 6.08 Å². The van der Waals surface area contributed by atoms with E-state index in [2.05, 4.69) is 12.6 Å². The third-order valence-corrected chi connectivity index (χ3v) is 2.38. The Kier molecular flexibility index (Phi) is 3.77. The molecular formula is C9H7F5OS. The van der Waals surface area contributed by atoms with Crippen LogP contribution in [0, 0.1) is 0 Å². The highest BCUT2D eigenvalue weighted by Crippen LogP contribution is 2.41. The van der Waals surface area contributed by atoms with Crippen molar-refractivity contribution in [2.24, 2.45) is 0 Å². The molecule has 0 aromatic heterocycles. The first-order valence-electron chi connectivity index (χ1n) is 4.26. The lowest BCUT2D eigenvalue weighted by Gasteiger charge is -2.27. The van der Waals surface area contributed by atoms with E-state index in [1.165, 1.54) is 0 Å². The van der Waals surface area contributed by atoms with Crippen LogP contribution in [0.1, 0.15) is 12.8 Å². The Hall–Kier alpha value is -0.850. The largest absolute Gasteiger partial charge is 0.288 e. The van der Waals surface area contributed by atoms with Crippen molar-refractivity contribution in [2.75, 3.05) is 0 Å². The van der Waals surface area contributed by atoms with Crippen molar-refractivity contribution in [3.63, 3.8) is 0 Å². The number of thiol groups is 1. The number of halogens is 5. The molecule has 0 spiro atoms. The number of alkyl halides is 2. The van der Waals surface area contributed by atoms with Crippen LogP contribution >= 0.6 is 12.6 Å². The first-order chi connectivity index (χ1) is 7.28. The Morgan fingerprint density at radius 1 is 1.44 bits per heavy atom. The maximum atomic E-state index is 13.7. The molecule has 1 aliphatic carbocycles. The van der Waals surface area contributed by atoms with Gasteiger partial charge in [-0.15, -0.1) is 12.6 Å². The summed E-state index contributed by atoms with van der Waals surface area (Å²) >= 11 is 3.30. The average molecular weight is 258 g/mol. The second-order valence-electron chi connectivity index (χ2n) is 3.34. The molecule has 90 valence electrons. The molecule has 2 atom stereocenters. The third kappa shape index (κ3) is 2.45. The Balaban J connectivity index is 2.95. The number of rotatable bonds is 3. The summed E-state index contributed by atoms with van der Waals surface area (Å²) in [7, 11) is 0. The Bertz CT molecular complexity index is 378. The van der Waals surface area contributed by atoms with Gasteiger partial charge in [0.05, 0.1) is 0 Å². The molecule has 7 heteroatoms. The zero-order valence-corrected chi connectivity index (χ0v) is 8.71. The van der Waals surface area contributed by atoms with Crippen LogP contribution in [0.4, 0.5) is 22.0 Å². The third-order valence-electron chi connectivity index (χ3n) is 2.15. The van der Waals surface area contributed by atoms with Crippen LogP contribution in [0.25, 0.3) is 0 Å². The minimum Gasteiger partial charge on any atom is -0.288 e. The smallest absolute Gasteiger partial charge is 0.193 e. The van der Waals surface area contributed by atoms with Gasteiger partial charge in [-0.2, -0.15) is 0 Å². The fourth-order valence-corrected chi connectivity index (χ4v) is 1.39. The second kappa shape index (κ2) is 4.57. The van der Waals surface area contributed by atoms with Gasteiger partial charge in [0.2, 0.25) is 0 Å². The predicted octanol–water partition coefficient (Wildman–Crippen LogP) is 3.29. The van der Waals surface area contributed by atoms with Gasteiger partial charge in [-0.25, -0.2) is 22.0 Å². The molecule has 0 amide bonds. The summed E-state index contributed by atoms with van der Waals surface area (Å²) in [5.41, 5.74) is -3.05. The van der Waals surface area contributed by atoms with Crippen LogP contribution in [0.5, 0.6) is 0 Å². The Labute approximate surface area is 93.4 Å². The number of allylic oxidation sites excluding steroid dienone is 4. The molecule has 2 unspecified atom stereocenters. The molecule has 0 bridgehead atoms. The van der Waals surface area contributed by atoms with Crippen LogP contribution in [0.2, 0.25) is 0 Å². The molecule has 0 heterocycles. The van der Waals surface area contributed by atoms with E-state index in [4.69, 9.17) is 0 Å². The van der Waals surface area contributed by atoms with Gasteiger partial charge in [-0.1, -0.05) is 0 Å². The molecule has 0 saturated heterocycles. The lowest BCUT2D eigenvalue weighted by Crippen LogP contribution is -2.36. The summed E-state index contributed by atoms with van der Waals surface area (Å²) in [5, 5.41) is -0.756. The highest BCUT2D eigenvalue weighted by Gasteiger charge is 2.46. The minimum atomic E-state index is -3.05. The van der Waals surface area contributed by atoms with E-state index in [1.54, 1.807) is 0 Å². The van der Waals surface area contributed by atoms with Crippen molar-refractivity contribution in [2.45, 2.75) is 24.7 Å². The van der Waals surface area contributed by atoms with Crippen molar-refractivity contribution >= 4 is 17.7 Å². The van der Waals surface area contributed by atoms with E-state index in [9.17, 15) is 26.7 Å². The zero-order chi connectivity index (χ0) is 12.5. The predicted molar refractivity (Wildman–Crippen MR) is 50.4 cm³/mol. The lowest BCUT2D eigenvalue weighted by molar-refractivity contribution is -0.111. The molecular weight excluding hydrogens is 251 g/mol. The van der Waals surface area contributed by atoms with Gasteiger partial charge < -0.3 is 0 Å². The summed E-state index contributed by atoms with van der Waals surface area (Å²) in [6, 6.07) is 0. The molecule has 0 aromatic rings. The van der Waals surface area contributed by atoms with Crippen LogP contribution in [-0.4, -0.2) is 17.0 Å². The summed E-state index contributed by atoms with van der Waals surface area (Å²) in [4.78, 5) is 10.4. The first kappa shape index (κ1) is 13.2. The summed E-state index contributed by atoms with van der Waals surface area (Å²) in [6.07, 6.45) is -4.25. The number of hydrogen-bond donors (Lipinski definition) is 1. The van der Waals surface area contributed by atoms with Crippen LogP contribution in [-0.2, 0) is 4.79 Å². The Morgan fingerprint density at radius 3 is 2.50 bits per heavy atom. The average Bonchev–Trinajstić information content (AvgIpc) is 2.21. The van der Waals surface area contributed by atoms with Gasteiger partial charge in [0.1, 0.15) is 0 Å². The monoisotopic (exact) mass is 258 g/mol. The quantitative estimate of drug-likeness (QED) is 0.607. The molecule has 0 fully saturated rings. The molecule has 0 aromatic carbocycles. The minimum absolute atomic E-state index is 0.00674. The lowest BCUT2D eigenvalue weighted by atomic mass is 9.89. The fourth-order valence-electron chi connectivity index (χ4n) is 1.28. The van der Waals surface area contributed by atoms with Crippen LogP contribution < -0.4 is 0 Å². The molecule has 0 radical (unpaired) electrons. The number of hydrogen-bond acceptors (Lipinski definition) is 1. The van der Waals surface area contributed by atoms with Crippen molar-refractivity contribution in [3.8, 4) is 0 Å². The number of carbonyl (C=O) groups excluding carboxylic acids is 1. The fraction of sp³-hybridized carbons (Fsp3) is 0.444. The van der Waals surface area contributed by atoms with Crippen molar-refractivity contribution in [1.82, 2.24) is 0 Å². The van der Waals surface area contributed by atoms with Gasteiger partial charge in [0.15, 0.2) is 34.4 Å². The summed E-state index contributed by atoms with van der Waals surface area (Å²) in [5.74, 6) is -5.98. The standard InChI is InChI=1S/C9H7F5OS/c10-4-3-9(14,2-1-5(15)16)8(13)7(12)6(4)11/h3,8H,1-2H2,(H,15,16). The molecule has 0 saturated carbocycles. The van der Waals surface area contributed by atoms with Crippen LogP contribution in [0.15, 0.2) is 23.6 Å². The van der Waals surface area contributed by atoms with E-state index in [0.717, 1.165) is 0 Å². The van der Waals surface area contributed by atoms with Gasteiger partial charge >= 0.3 is 0 Å². The van der Waals surface area contributed by atoms with E-state index in [0.29, 0.717) is 0 Å². The molecule has 0 aliphatic heterocycles. The first-order valence-corrected chi connectivity index (χ1v) is 4.71.